The molecule has 74 heavy (non-hydrogen) atoms. The maximum atomic E-state index is 10.1. The second kappa shape index (κ2) is 20.5. The van der Waals surface area contributed by atoms with Gasteiger partial charge in [0.25, 0.3) is 0 Å². The molecule has 0 spiro atoms. The highest BCUT2D eigenvalue weighted by atomic mass is 79.9. The van der Waals surface area contributed by atoms with Crippen LogP contribution in [0.15, 0.2) is 268 Å². The van der Waals surface area contributed by atoms with Gasteiger partial charge in [-0.25, -0.2) is 0 Å². The van der Waals surface area contributed by atoms with Crippen LogP contribution in [0.1, 0.15) is 0 Å². The van der Waals surface area contributed by atoms with Gasteiger partial charge in [0.2, 0.25) is 0 Å². The average Bonchev–Trinajstić information content (AvgIpc) is 3.43. The zero-order chi connectivity index (χ0) is 50.3. The van der Waals surface area contributed by atoms with Crippen LogP contribution in [0.2, 0.25) is 0 Å². The van der Waals surface area contributed by atoms with Gasteiger partial charge in [-0.1, -0.05) is 260 Å². The van der Waals surface area contributed by atoms with Crippen molar-refractivity contribution >= 4 is 147 Å². The Balaban J connectivity index is 0.000000126. The van der Waals surface area contributed by atoms with Crippen molar-refractivity contribution in [1.29, 1.82) is 0 Å². The lowest BCUT2D eigenvalue weighted by atomic mass is 9.72. The molecule has 2 nitrogen and oxygen atoms in total. The molecule has 352 valence electrons. The molecule has 2 N–H and O–H groups in total. The van der Waals surface area contributed by atoms with Crippen LogP contribution < -0.4 is 5.46 Å². The summed E-state index contributed by atoms with van der Waals surface area (Å²) in [4.78, 5) is 0. The van der Waals surface area contributed by atoms with Crippen LogP contribution in [-0.4, -0.2) is 17.2 Å². The lowest BCUT2D eigenvalue weighted by Crippen LogP contribution is -2.31. The van der Waals surface area contributed by atoms with E-state index in [1.54, 1.807) is 0 Å². The molecule has 0 saturated carbocycles. The number of halogens is 3. The van der Waals surface area contributed by atoms with Gasteiger partial charge in [0.05, 0.1) is 0 Å². The summed E-state index contributed by atoms with van der Waals surface area (Å²) >= 11 is 10.5. The molecule has 0 bridgehead atoms. The smallest absolute Gasteiger partial charge is 0.423 e. The monoisotopic (exact) mass is 1140 g/mol. The third-order valence-electron chi connectivity index (χ3n) is 14.1. The van der Waals surface area contributed by atoms with Gasteiger partial charge in [-0.3, -0.25) is 0 Å². The highest BCUT2D eigenvalue weighted by Gasteiger charge is 2.23. The molecule has 0 amide bonds. The Kier molecular flexibility index (Phi) is 13.2. The molecule has 14 rings (SSSR count). The molecule has 0 aliphatic carbocycles. The van der Waals surface area contributed by atoms with E-state index in [2.05, 4.69) is 260 Å². The van der Waals surface area contributed by atoms with Crippen molar-refractivity contribution in [3.8, 4) is 33.4 Å². The summed E-state index contributed by atoms with van der Waals surface area (Å²) in [7, 11) is -1.53. The summed E-state index contributed by atoms with van der Waals surface area (Å²) in [6, 6.07) is 89.5. The fourth-order valence-electron chi connectivity index (χ4n) is 10.9. The molecule has 0 fully saturated rings. The van der Waals surface area contributed by atoms with Gasteiger partial charge in [0.15, 0.2) is 0 Å². The maximum Gasteiger partial charge on any atom is 0.489 e. The van der Waals surface area contributed by atoms with Crippen LogP contribution in [0.3, 0.4) is 0 Å². The largest absolute Gasteiger partial charge is 0.489 e. The third kappa shape index (κ3) is 8.97. The molecule has 14 aromatic rings. The topological polar surface area (TPSA) is 40.5 Å². The first-order valence-electron chi connectivity index (χ1n) is 24.5. The van der Waals surface area contributed by atoms with E-state index >= 15 is 0 Å². The molecule has 6 heteroatoms. The predicted octanol–water partition coefficient (Wildman–Crippen LogP) is 19.3. The predicted molar refractivity (Wildman–Crippen MR) is 329 cm³/mol. The molecule has 0 heterocycles. The lowest BCUT2D eigenvalue weighted by Gasteiger charge is -2.19. The quantitative estimate of drug-likeness (QED) is 0.136. The Morgan fingerprint density at radius 2 is 0.554 bits per heavy atom. The summed E-state index contributed by atoms with van der Waals surface area (Å²) in [5.74, 6) is 0. The summed E-state index contributed by atoms with van der Waals surface area (Å²) in [6.07, 6.45) is 0. The van der Waals surface area contributed by atoms with Gasteiger partial charge in [-0.15, -0.1) is 0 Å². The number of hydrogen-bond acceptors (Lipinski definition) is 2. The van der Waals surface area contributed by atoms with E-state index in [9.17, 15) is 10.0 Å². The number of hydrogen-bond donors (Lipinski definition) is 2. The number of rotatable bonds is 4. The first-order valence-corrected chi connectivity index (χ1v) is 26.9. The molecule has 0 unspecified atom stereocenters. The van der Waals surface area contributed by atoms with E-state index in [-0.39, 0.29) is 0 Å². The fraction of sp³-hybridized carbons (Fsp3) is 0. The van der Waals surface area contributed by atoms with Crippen LogP contribution in [0.4, 0.5) is 0 Å². The Hall–Kier alpha value is -7.42. The van der Waals surface area contributed by atoms with Gasteiger partial charge < -0.3 is 10.0 Å². The van der Waals surface area contributed by atoms with Crippen LogP contribution in [0.25, 0.3) is 120 Å². The van der Waals surface area contributed by atoms with Crippen molar-refractivity contribution in [3.63, 3.8) is 0 Å². The molecular formula is C68H44BBr3O2. The van der Waals surface area contributed by atoms with Crippen molar-refractivity contribution in [3.05, 3.63) is 268 Å². The summed E-state index contributed by atoms with van der Waals surface area (Å²) in [6.45, 7) is 0. The third-order valence-corrected chi connectivity index (χ3v) is 15.6. The van der Waals surface area contributed by atoms with Crippen LogP contribution in [0, 0.1) is 0 Å². The highest BCUT2D eigenvalue weighted by molar-refractivity contribution is 9.11. The van der Waals surface area contributed by atoms with Crippen molar-refractivity contribution in [2.24, 2.45) is 0 Å². The van der Waals surface area contributed by atoms with E-state index < -0.39 is 7.12 Å². The van der Waals surface area contributed by atoms with Crippen molar-refractivity contribution in [1.82, 2.24) is 0 Å². The minimum atomic E-state index is -1.53. The van der Waals surface area contributed by atoms with E-state index in [0.29, 0.717) is 5.46 Å². The van der Waals surface area contributed by atoms with E-state index in [1.165, 1.54) is 86.9 Å². The minimum absolute atomic E-state index is 0.560. The summed E-state index contributed by atoms with van der Waals surface area (Å²) in [5, 5.41) is 39.1. The van der Waals surface area contributed by atoms with Crippen LogP contribution in [-0.2, 0) is 0 Å². The zero-order valence-corrected chi connectivity index (χ0v) is 44.6. The summed E-state index contributed by atoms with van der Waals surface area (Å²) in [5.41, 5.74) is 7.96. The van der Waals surface area contributed by atoms with Crippen LogP contribution >= 0.6 is 47.8 Å². The highest BCUT2D eigenvalue weighted by Crippen LogP contribution is 2.46. The van der Waals surface area contributed by atoms with Gasteiger partial charge in [-0.05, 0) is 167 Å². The van der Waals surface area contributed by atoms with Gasteiger partial charge in [-0.2, -0.15) is 0 Å². The first kappa shape index (κ1) is 47.6. The number of fused-ring (bicyclic) bond motifs is 8. The second-order valence-electron chi connectivity index (χ2n) is 18.5. The second-order valence-corrected chi connectivity index (χ2v) is 21.2. The van der Waals surface area contributed by atoms with Crippen molar-refractivity contribution < 1.29 is 10.0 Å². The van der Waals surface area contributed by atoms with E-state index in [0.717, 1.165) is 46.1 Å². The standard InChI is InChI=1S/C34H21Br.C24H17BO2.C10H6Br2/c35-26-19-18-22-16-17-24(20-25(22)21-26)33-29-11-3-5-13-31(29)34(32-14-6-4-12-30(32)33)28-15-7-9-23-8-1-2-10-27(23)28;26-25(27)24-21-13-5-3-11-19(21)23(20-12-4-6-14-22(20)24)18-15-7-9-16-8-1-2-10-17(16)18;11-9-3-1-7-2-4-10(12)6-8(7)5-9/h1-21H;1-15,26-27H;1-6H. The zero-order valence-electron chi connectivity index (χ0n) is 39.9. The SMILES string of the molecule is Brc1ccc2ccc(-c3c4ccccc4c(-c4cccc5ccccc45)c4ccccc34)cc2c1.Brc1ccc2ccc(Br)cc2c1.OB(O)c1c2ccccc2c(-c2cccc3ccccc23)c2ccccc12. The molecule has 0 saturated heterocycles. The molecule has 0 aromatic heterocycles. The van der Waals surface area contributed by atoms with Gasteiger partial charge >= 0.3 is 7.12 Å². The average molecular weight is 1140 g/mol. The molecule has 0 aliphatic rings. The Morgan fingerprint density at radius 1 is 0.243 bits per heavy atom. The fourth-order valence-corrected chi connectivity index (χ4v) is 12.0. The first-order chi connectivity index (χ1) is 36.3. The molecule has 0 aliphatic heterocycles. The molecule has 0 radical (unpaired) electrons. The Bertz CT molecular complexity index is 4310. The van der Waals surface area contributed by atoms with Crippen molar-refractivity contribution in [2.75, 3.05) is 0 Å². The summed E-state index contributed by atoms with van der Waals surface area (Å²) < 4.78 is 3.34. The van der Waals surface area contributed by atoms with Crippen LogP contribution in [0.5, 0.6) is 0 Å². The van der Waals surface area contributed by atoms with E-state index in [1.807, 2.05) is 42.5 Å². The van der Waals surface area contributed by atoms with Gasteiger partial charge in [0.1, 0.15) is 0 Å². The van der Waals surface area contributed by atoms with Crippen molar-refractivity contribution in [2.45, 2.75) is 0 Å². The molecular weight excluding hydrogens is 1100 g/mol. The Morgan fingerprint density at radius 3 is 0.959 bits per heavy atom. The maximum absolute atomic E-state index is 10.1. The molecule has 14 aromatic carbocycles. The normalized spacial score (nSPS) is 11.3. The number of benzene rings is 14. The van der Waals surface area contributed by atoms with E-state index in [4.69, 9.17) is 0 Å². The lowest BCUT2D eigenvalue weighted by molar-refractivity contribution is 0.426. The minimum Gasteiger partial charge on any atom is -0.423 e. The Labute approximate surface area is 454 Å². The molecule has 0 atom stereocenters. The van der Waals surface area contributed by atoms with Gasteiger partial charge in [0, 0.05) is 13.4 Å².